The molecule has 1 aromatic rings. The first-order chi connectivity index (χ1) is 11.1. The lowest BCUT2D eigenvalue weighted by atomic mass is 9.85. The second-order valence-electron chi connectivity index (χ2n) is 6.74. The summed E-state index contributed by atoms with van der Waals surface area (Å²) in [5, 5.41) is 6.42. The van der Waals surface area contributed by atoms with E-state index in [0.717, 1.165) is 6.42 Å². The van der Waals surface area contributed by atoms with Crippen LogP contribution in [0.2, 0.25) is 0 Å². The summed E-state index contributed by atoms with van der Waals surface area (Å²) in [5.41, 5.74) is 0. The zero-order valence-electron chi connectivity index (χ0n) is 14.0. The number of benzene rings is 1. The number of halogens is 2. The van der Waals surface area contributed by atoms with Crippen LogP contribution in [-0.4, -0.2) is 30.6 Å². The van der Waals surface area contributed by atoms with E-state index in [0.29, 0.717) is 24.3 Å². The quantitative estimate of drug-likeness (QED) is 0.852. The maximum Gasteiger partial charge on any atom is 0.237 e. The minimum absolute atomic E-state index is 0. The van der Waals surface area contributed by atoms with Crippen molar-refractivity contribution in [3.63, 3.8) is 0 Å². The van der Waals surface area contributed by atoms with Crippen molar-refractivity contribution in [3.05, 3.63) is 30.1 Å². The van der Waals surface area contributed by atoms with Gasteiger partial charge in [-0.3, -0.25) is 4.79 Å². The van der Waals surface area contributed by atoms with Crippen molar-refractivity contribution < 1.29 is 13.9 Å². The molecule has 24 heavy (non-hydrogen) atoms. The fourth-order valence-electron chi connectivity index (χ4n) is 3.70. The van der Waals surface area contributed by atoms with Gasteiger partial charge in [0.2, 0.25) is 5.91 Å². The Morgan fingerprint density at radius 2 is 2.21 bits per heavy atom. The van der Waals surface area contributed by atoms with Crippen LogP contribution in [0.15, 0.2) is 24.3 Å². The molecule has 3 rings (SSSR count). The lowest BCUT2D eigenvalue weighted by molar-refractivity contribution is -0.123. The summed E-state index contributed by atoms with van der Waals surface area (Å²) in [6, 6.07) is 6.49. The second-order valence-corrected chi connectivity index (χ2v) is 6.74. The van der Waals surface area contributed by atoms with E-state index < -0.39 is 0 Å². The Kier molecular flexibility index (Phi) is 6.87. The molecule has 4 atom stereocenters. The van der Waals surface area contributed by atoms with E-state index in [1.807, 2.05) is 6.92 Å². The molecule has 2 fully saturated rings. The van der Waals surface area contributed by atoms with Crippen molar-refractivity contribution in [3.8, 4) is 5.75 Å². The van der Waals surface area contributed by atoms with Crippen LogP contribution in [0.3, 0.4) is 0 Å². The minimum atomic E-state index is -0.323. The summed E-state index contributed by atoms with van der Waals surface area (Å²) in [6.07, 6.45) is 5.71. The van der Waals surface area contributed by atoms with Gasteiger partial charge in [0.15, 0.2) is 0 Å². The Morgan fingerprint density at radius 1 is 1.42 bits per heavy atom. The number of fused-ring (bicyclic) bond motifs is 1. The van der Waals surface area contributed by atoms with Crippen molar-refractivity contribution >= 4 is 18.3 Å². The molecule has 1 saturated heterocycles. The van der Waals surface area contributed by atoms with E-state index in [1.165, 1.54) is 37.8 Å². The normalized spacial score (nSPS) is 26.8. The number of nitrogens with one attached hydrogen (secondary N) is 2. The van der Waals surface area contributed by atoms with Crippen LogP contribution in [0, 0.1) is 11.7 Å². The molecule has 0 bridgehead atoms. The number of ether oxygens (including phenoxy) is 1. The van der Waals surface area contributed by atoms with Gasteiger partial charge < -0.3 is 15.4 Å². The molecule has 0 radical (unpaired) electrons. The third kappa shape index (κ3) is 4.84. The number of carbonyl (C=O) groups is 1. The lowest BCUT2D eigenvalue weighted by Crippen LogP contribution is -2.45. The summed E-state index contributed by atoms with van der Waals surface area (Å²) in [4.78, 5) is 12.3. The van der Waals surface area contributed by atoms with Gasteiger partial charge >= 0.3 is 0 Å². The van der Waals surface area contributed by atoms with E-state index in [9.17, 15) is 9.18 Å². The number of hydrogen-bond acceptors (Lipinski definition) is 3. The third-order valence-electron chi connectivity index (χ3n) is 4.88. The van der Waals surface area contributed by atoms with Crippen LogP contribution in [0.5, 0.6) is 5.75 Å². The first kappa shape index (κ1) is 19.0. The standard InChI is InChI=1S/C18H25FN2O2.ClH/c1-12(23-15-7-4-6-14(19)10-15)11-20-18(22)17-9-13-5-2-3-8-16(13)21-17;/h4,6-7,10,12-13,16-17,21H,2-3,5,8-9,11H2,1H3,(H,20,22);1H. The fraction of sp³-hybridized carbons (Fsp3) is 0.611. The van der Waals surface area contributed by atoms with E-state index in [-0.39, 0.29) is 36.3 Å². The maximum absolute atomic E-state index is 13.1. The predicted octanol–water partition coefficient (Wildman–Crippen LogP) is 3.05. The molecule has 134 valence electrons. The first-order valence-corrected chi connectivity index (χ1v) is 8.58. The van der Waals surface area contributed by atoms with Crippen molar-refractivity contribution in [1.29, 1.82) is 0 Å². The molecule has 4 unspecified atom stereocenters. The van der Waals surface area contributed by atoms with Gasteiger partial charge in [-0.05, 0) is 44.2 Å². The largest absolute Gasteiger partial charge is 0.489 e. The smallest absolute Gasteiger partial charge is 0.237 e. The van der Waals surface area contributed by atoms with Crippen LogP contribution in [0.1, 0.15) is 39.0 Å². The fourth-order valence-corrected chi connectivity index (χ4v) is 3.70. The summed E-state index contributed by atoms with van der Waals surface area (Å²) in [7, 11) is 0. The van der Waals surface area contributed by atoms with Gasteiger partial charge in [-0.1, -0.05) is 18.9 Å². The first-order valence-electron chi connectivity index (χ1n) is 8.58. The summed E-state index contributed by atoms with van der Waals surface area (Å²) >= 11 is 0. The molecule has 0 aromatic heterocycles. The van der Waals surface area contributed by atoms with Gasteiger partial charge in [0.25, 0.3) is 0 Å². The highest BCUT2D eigenvalue weighted by atomic mass is 35.5. The molecule has 2 aliphatic rings. The molecular weight excluding hydrogens is 331 g/mol. The lowest BCUT2D eigenvalue weighted by Gasteiger charge is -2.24. The second kappa shape index (κ2) is 8.67. The number of hydrogen-bond donors (Lipinski definition) is 2. The van der Waals surface area contributed by atoms with Crippen LogP contribution >= 0.6 is 12.4 Å². The highest BCUT2D eigenvalue weighted by molar-refractivity contribution is 5.85. The van der Waals surface area contributed by atoms with E-state index in [1.54, 1.807) is 12.1 Å². The van der Waals surface area contributed by atoms with Crippen molar-refractivity contribution in [2.75, 3.05) is 6.54 Å². The molecule has 1 heterocycles. The average Bonchev–Trinajstić information content (AvgIpc) is 2.97. The molecule has 1 aliphatic carbocycles. The highest BCUT2D eigenvalue weighted by Gasteiger charge is 2.38. The molecule has 1 amide bonds. The number of carbonyl (C=O) groups excluding carboxylic acids is 1. The average molecular weight is 357 g/mol. The van der Waals surface area contributed by atoms with E-state index in [2.05, 4.69) is 10.6 Å². The zero-order chi connectivity index (χ0) is 16.2. The number of amides is 1. The van der Waals surface area contributed by atoms with E-state index >= 15 is 0 Å². The Hall–Kier alpha value is -1.33. The van der Waals surface area contributed by atoms with Gasteiger partial charge in [0.05, 0.1) is 12.6 Å². The summed E-state index contributed by atoms with van der Waals surface area (Å²) in [5.74, 6) is 0.864. The van der Waals surface area contributed by atoms with Gasteiger partial charge in [0, 0.05) is 12.1 Å². The van der Waals surface area contributed by atoms with Crippen molar-refractivity contribution in [1.82, 2.24) is 10.6 Å². The van der Waals surface area contributed by atoms with Gasteiger partial charge in [-0.15, -0.1) is 12.4 Å². The Bertz CT molecular complexity index is 544. The molecule has 1 aliphatic heterocycles. The van der Waals surface area contributed by atoms with Crippen LogP contribution in [0.4, 0.5) is 4.39 Å². The highest BCUT2D eigenvalue weighted by Crippen LogP contribution is 2.33. The Balaban J connectivity index is 0.00000208. The third-order valence-corrected chi connectivity index (χ3v) is 4.88. The molecule has 0 spiro atoms. The molecule has 1 saturated carbocycles. The van der Waals surface area contributed by atoms with Crippen LogP contribution < -0.4 is 15.4 Å². The van der Waals surface area contributed by atoms with Crippen LogP contribution in [-0.2, 0) is 4.79 Å². The van der Waals surface area contributed by atoms with Crippen LogP contribution in [0.25, 0.3) is 0 Å². The monoisotopic (exact) mass is 356 g/mol. The van der Waals surface area contributed by atoms with E-state index in [4.69, 9.17) is 4.74 Å². The SMILES string of the molecule is CC(CNC(=O)C1CC2CCCCC2N1)Oc1cccc(F)c1.Cl. The zero-order valence-corrected chi connectivity index (χ0v) is 14.8. The minimum Gasteiger partial charge on any atom is -0.489 e. The topological polar surface area (TPSA) is 50.4 Å². The molecule has 1 aromatic carbocycles. The van der Waals surface area contributed by atoms with Crippen molar-refractivity contribution in [2.24, 2.45) is 5.92 Å². The molecule has 6 heteroatoms. The molecular formula is C18H26ClFN2O2. The summed E-state index contributed by atoms with van der Waals surface area (Å²) < 4.78 is 18.8. The number of rotatable bonds is 5. The Morgan fingerprint density at radius 3 is 2.96 bits per heavy atom. The molecule has 2 N–H and O–H groups in total. The maximum atomic E-state index is 13.1. The van der Waals surface area contributed by atoms with Gasteiger partial charge in [-0.25, -0.2) is 4.39 Å². The predicted molar refractivity (Wildman–Crippen MR) is 94.0 cm³/mol. The Labute approximate surface area is 148 Å². The van der Waals surface area contributed by atoms with Crippen molar-refractivity contribution in [2.45, 2.75) is 57.2 Å². The van der Waals surface area contributed by atoms with Gasteiger partial charge in [0.1, 0.15) is 17.7 Å². The summed E-state index contributed by atoms with van der Waals surface area (Å²) in [6.45, 7) is 2.29. The molecule has 4 nitrogen and oxygen atoms in total. The van der Waals surface area contributed by atoms with Gasteiger partial charge in [-0.2, -0.15) is 0 Å².